The molecule has 2 rings (SSSR count). The lowest BCUT2D eigenvalue weighted by Crippen LogP contribution is -2.23. The van der Waals surface area contributed by atoms with E-state index in [9.17, 15) is 9.59 Å². The minimum atomic E-state index is -0.315. The molecule has 0 N–H and O–H groups in total. The van der Waals surface area contributed by atoms with Crippen molar-refractivity contribution in [1.82, 2.24) is 0 Å². The van der Waals surface area contributed by atoms with Gasteiger partial charge in [0.05, 0.1) is 5.92 Å². The van der Waals surface area contributed by atoms with Gasteiger partial charge in [-0.3, -0.25) is 9.59 Å². The van der Waals surface area contributed by atoms with Crippen molar-refractivity contribution in [3.8, 4) is 5.75 Å². The fourth-order valence-electron chi connectivity index (χ4n) is 2.04. The van der Waals surface area contributed by atoms with Crippen LogP contribution in [0.15, 0.2) is 54.6 Å². The third-order valence-electron chi connectivity index (χ3n) is 3.52. The molecule has 0 radical (unpaired) electrons. The number of ether oxygens (including phenoxy) is 2. The van der Waals surface area contributed by atoms with Crippen LogP contribution in [-0.2, 0) is 16.1 Å². The molecule has 0 bridgehead atoms. The molecule has 0 aromatic heterocycles. The van der Waals surface area contributed by atoms with Crippen LogP contribution in [-0.4, -0.2) is 18.9 Å². The van der Waals surface area contributed by atoms with Crippen molar-refractivity contribution in [1.29, 1.82) is 0 Å². The fraction of sp³-hybridized carbons (Fsp3) is 0.263. The van der Waals surface area contributed by atoms with Crippen molar-refractivity contribution < 1.29 is 19.1 Å². The maximum absolute atomic E-state index is 12.1. The second kappa shape index (κ2) is 8.73. The van der Waals surface area contributed by atoms with Crippen LogP contribution in [0.25, 0.3) is 0 Å². The Kier molecular flexibility index (Phi) is 6.36. The molecule has 4 heteroatoms. The van der Waals surface area contributed by atoms with E-state index in [4.69, 9.17) is 9.47 Å². The summed E-state index contributed by atoms with van der Waals surface area (Å²) in [6.45, 7) is 2.45. The Morgan fingerprint density at radius 1 is 1.09 bits per heavy atom. The Morgan fingerprint density at radius 3 is 2.39 bits per heavy atom. The number of carbonyl (C=O) groups excluding carboxylic acids is 2. The number of carbonyl (C=O) groups is 2. The van der Waals surface area contributed by atoms with Crippen LogP contribution >= 0.6 is 0 Å². The molecule has 0 aliphatic carbocycles. The molecular formula is C19H20O4. The maximum Gasteiger partial charge on any atom is 0.312 e. The Balaban J connectivity index is 1.83. The van der Waals surface area contributed by atoms with Crippen molar-refractivity contribution in [3.63, 3.8) is 0 Å². The molecule has 1 unspecified atom stereocenters. The first-order chi connectivity index (χ1) is 11.2. The van der Waals surface area contributed by atoms with E-state index in [1.54, 1.807) is 24.3 Å². The second-order valence-corrected chi connectivity index (χ2v) is 5.20. The minimum Gasteiger partial charge on any atom is -0.493 e. The number of aldehydes is 1. The monoisotopic (exact) mass is 312 g/mol. The third kappa shape index (κ3) is 5.25. The van der Waals surface area contributed by atoms with E-state index in [-0.39, 0.29) is 25.1 Å². The van der Waals surface area contributed by atoms with Gasteiger partial charge in [0.25, 0.3) is 0 Å². The van der Waals surface area contributed by atoms with E-state index in [0.29, 0.717) is 17.7 Å². The third-order valence-corrected chi connectivity index (χ3v) is 3.52. The summed E-state index contributed by atoms with van der Waals surface area (Å²) in [5.74, 6) is 0.0511. The van der Waals surface area contributed by atoms with Crippen molar-refractivity contribution in [2.45, 2.75) is 20.0 Å². The molecule has 2 aromatic rings. The first-order valence-electron chi connectivity index (χ1n) is 7.61. The van der Waals surface area contributed by atoms with Crippen LogP contribution in [0, 0.1) is 5.92 Å². The number of hydrogen-bond acceptors (Lipinski definition) is 4. The van der Waals surface area contributed by atoms with E-state index in [2.05, 4.69) is 0 Å². The highest BCUT2D eigenvalue weighted by Crippen LogP contribution is 2.15. The SMILES string of the molecule is CCC(COc1ccc(C=O)cc1)C(=O)OCc1ccccc1. The molecule has 120 valence electrons. The van der Waals surface area contributed by atoms with Crippen molar-refractivity contribution in [2.75, 3.05) is 6.61 Å². The second-order valence-electron chi connectivity index (χ2n) is 5.20. The molecule has 4 nitrogen and oxygen atoms in total. The van der Waals surface area contributed by atoms with Gasteiger partial charge in [0.1, 0.15) is 25.2 Å². The Morgan fingerprint density at radius 2 is 1.78 bits per heavy atom. The van der Waals surface area contributed by atoms with Gasteiger partial charge in [-0.25, -0.2) is 0 Å². The molecule has 0 saturated heterocycles. The summed E-state index contributed by atoms with van der Waals surface area (Å²) in [6.07, 6.45) is 1.42. The zero-order valence-corrected chi connectivity index (χ0v) is 13.1. The Bertz CT molecular complexity index is 620. The van der Waals surface area contributed by atoms with E-state index in [1.807, 2.05) is 37.3 Å². The maximum atomic E-state index is 12.1. The van der Waals surface area contributed by atoms with Gasteiger partial charge >= 0.3 is 5.97 Å². The summed E-state index contributed by atoms with van der Waals surface area (Å²) in [7, 11) is 0. The largest absolute Gasteiger partial charge is 0.493 e. The quantitative estimate of drug-likeness (QED) is 0.551. The van der Waals surface area contributed by atoms with Crippen molar-refractivity contribution >= 4 is 12.3 Å². The van der Waals surface area contributed by atoms with Crippen LogP contribution in [0.4, 0.5) is 0 Å². The minimum absolute atomic E-state index is 0.255. The van der Waals surface area contributed by atoms with Crippen molar-refractivity contribution in [3.05, 3.63) is 65.7 Å². The molecule has 0 aliphatic heterocycles. The van der Waals surface area contributed by atoms with Crippen LogP contribution in [0.3, 0.4) is 0 Å². The van der Waals surface area contributed by atoms with E-state index < -0.39 is 0 Å². The van der Waals surface area contributed by atoms with Gasteiger partial charge in [0.2, 0.25) is 0 Å². The summed E-state index contributed by atoms with van der Waals surface area (Å²) in [5.41, 5.74) is 1.55. The van der Waals surface area contributed by atoms with Gasteiger partial charge in [0, 0.05) is 5.56 Å². The molecular weight excluding hydrogens is 292 g/mol. The highest BCUT2D eigenvalue weighted by molar-refractivity contribution is 5.75. The zero-order valence-electron chi connectivity index (χ0n) is 13.1. The smallest absolute Gasteiger partial charge is 0.312 e. The van der Waals surface area contributed by atoms with E-state index >= 15 is 0 Å². The average molecular weight is 312 g/mol. The van der Waals surface area contributed by atoms with Gasteiger partial charge in [-0.05, 0) is 36.2 Å². The normalized spacial score (nSPS) is 11.5. The first-order valence-corrected chi connectivity index (χ1v) is 7.61. The van der Waals surface area contributed by atoms with Crippen molar-refractivity contribution in [2.24, 2.45) is 5.92 Å². The van der Waals surface area contributed by atoms with Crippen LogP contribution in [0.5, 0.6) is 5.75 Å². The Hall–Kier alpha value is -2.62. The average Bonchev–Trinajstić information content (AvgIpc) is 2.62. The van der Waals surface area contributed by atoms with Gasteiger partial charge in [-0.15, -0.1) is 0 Å². The van der Waals surface area contributed by atoms with Gasteiger partial charge in [-0.1, -0.05) is 37.3 Å². The lowest BCUT2D eigenvalue weighted by Gasteiger charge is -2.15. The lowest BCUT2D eigenvalue weighted by atomic mass is 10.1. The molecule has 0 spiro atoms. The molecule has 0 fully saturated rings. The summed E-state index contributed by atoms with van der Waals surface area (Å²) in [6, 6.07) is 16.4. The van der Waals surface area contributed by atoms with Gasteiger partial charge in [0.15, 0.2) is 0 Å². The van der Waals surface area contributed by atoms with E-state index in [0.717, 1.165) is 11.8 Å². The predicted molar refractivity (Wildman–Crippen MR) is 87.3 cm³/mol. The Labute approximate surface area is 136 Å². The van der Waals surface area contributed by atoms with Crippen LogP contribution < -0.4 is 4.74 Å². The molecule has 2 aromatic carbocycles. The highest BCUT2D eigenvalue weighted by atomic mass is 16.5. The first kappa shape index (κ1) is 16.7. The van der Waals surface area contributed by atoms with Gasteiger partial charge < -0.3 is 9.47 Å². The number of esters is 1. The molecule has 0 aliphatic rings. The van der Waals surface area contributed by atoms with Crippen LogP contribution in [0.2, 0.25) is 0 Å². The predicted octanol–water partition coefficient (Wildman–Crippen LogP) is 3.65. The van der Waals surface area contributed by atoms with E-state index in [1.165, 1.54) is 0 Å². The summed E-state index contributed by atoms with van der Waals surface area (Å²) >= 11 is 0. The summed E-state index contributed by atoms with van der Waals surface area (Å²) < 4.78 is 11.0. The molecule has 0 amide bonds. The van der Waals surface area contributed by atoms with Crippen LogP contribution in [0.1, 0.15) is 29.3 Å². The molecule has 1 atom stereocenters. The number of rotatable bonds is 8. The lowest BCUT2D eigenvalue weighted by molar-refractivity contribution is -0.151. The standard InChI is InChI=1S/C19H20O4/c1-2-17(14-22-18-10-8-15(12-20)9-11-18)19(21)23-13-16-6-4-3-5-7-16/h3-12,17H,2,13-14H2,1H3. The zero-order chi connectivity index (χ0) is 16.5. The number of benzene rings is 2. The molecule has 23 heavy (non-hydrogen) atoms. The fourth-order valence-corrected chi connectivity index (χ4v) is 2.04. The molecule has 0 heterocycles. The number of hydrogen-bond donors (Lipinski definition) is 0. The summed E-state index contributed by atoms with van der Waals surface area (Å²) in [5, 5.41) is 0. The van der Waals surface area contributed by atoms with Gasteiger partial charge in [-0.2, -0.15) is 0 Å². The summed E-state index contributed by atoms with van der Waals surface area (Å²) in [4.78, 5) is 22.7. The topological polar surface area (TPSA) is 52.6 Å². The highest BCUT2D eigenvalue weighted by Gasteiger charge is 2.19. The molecule has 0 saturated carbocycles.